The van der Waals surface area contributed by atoms with E-state index in [0.29, 0.717) is 13.0 Å². The van der Waals surface area contributed by atoms with Crippen molar-refractivity contribution in [3.05, 3.63) is 28.8 Å². The van der Waals surface area contributed by atoms with Gasteiger partial charge in [-0.2, -0.15) is 0 Å². The number of amides is 2. The molecule has 1 fully saturated rings. The van der Waals surface area contributed by atoms with E-state index in [9.17, 15) is 9.59 Å². The van der Waals surface area contributed by atoms with Gasteiger partial charge >= 0.3 is 0 Å². The van der Waals surface area contributed by atoms with Crippen molar-refractivity contribution in [2.75, 3.05) is 6.61 Å². The Morgan fingerprint density at radius 3 is 2.63 bits per heavy atom. The van der Waals surface area contributed by atoms with E-state index < -0.39 is 0 Å². The zero-order valence-corrected chi connectivity index (χ0v) is 17.4. The third kappa shape index (κ3) is 6.56. The summed E-state index contributed by atoms with van der Waals surface area (Å²) in [6.07, 6.45) is 3.86. The second-order valence-corrected chi connectivity index (χ2v) is 8.09. The zero-order chi connectivity index (χ0) is 20.0. The van der Waals surface area contributed by atoms with Gasteiger partial charge in [0.25, 0.3) is 0 Å². The van der Waals surface area contributed by atoms with Gasteiger partial charge in [-0.15, -0.1) is 0 Å². The molecule has 1 aliphatic carbocycles. The van der Waals surface area contributed by atoms with Gasteiger partial charge in [-0.3, -0.25) is 9.59 Å². The Morgan fingerprint density at radius 2 is 1.93 bits per heavy atom. The van der Waals surface area contributed by atoms with Gasteiger partial charge in [0.1, 0.15) is 5.75 Å². The van der Waals surface area contributed by atoms with Crippen LogP contribution in [0.3, 0.4) is 0 Å². The molecule has 0 bridgehead atoms. The molecule has 27 heavy (non-hydrogen) atoms. The number of rotatable bonds is 7. The molecule has 2 N–H and O–H groups in total. The zero-order valence-electron chi connectivity index (χ0n) is 17.4. The van der Waals surface area contributed by atoms with E-state index in [4.69, 9.17) is 4.74 Å². The summed E-state index contributed by atoms with van der Waals surface area (Å²) in [4.78, 5) is 24.5. The SMILES string of the molecule is Cc1cc(C)c(C)c(OCCC(=O)NC2CCCC(C(=O)NC(C)C)C2)c1. The van der Waals surface area contributed by atoms with Gasteiger partial charge in [0, 0.05) is 18.0 Å². The number of ether oxygens (including phenoxy) is 1. The Kier molecular flexibility index (Phi) is 7.69. The number of benzene rings is 1. The summed E-state index contributed by atoms with van der Waals surface area (Å²) in [5.41, 5.74) is 3.47. The van der Waals surface area contributed by atoms with Gasteiger partial charge in [-0.05, 0) is 76.6 Å². The van der Waals surface area contributed by atoms with Gasteiger partial charge in [-0.1, -0.05) is 12.5 Å². The Hall–Kier alpha value is -2.04. The minimum Gasteiger partial charge on any atom is -0.493 e. The predicted octanol–water partition coefficient (Wildman–Crippen LogP) is 3.58. The molecule has 2 amide bonds. The van der Waals surface area contributed by atoms with Crippen molar-refractivity contribution < 1.29 is 14.3 Å². The average molecular weight is 375 g/mol. The molecule has 1 aliphatic rings. The molecule has 0 aromatic heterocycles. The van der Waals surface area contributed by atoms with Crippen LogP contribution in [0.1, 0.15) is 62.6 Å². The molecule has 0 radical (unpaired) electrons. The smallest absolute Gasteiger partial charge is 0.223 e. The molecule has 0 saturated heterocycles. The van der Waals surface area contributed by atoms with Gasteiger partial charge in [-0.25, -0.2) is 0 Å². The fourth-order valence-electron chi connectivity index (χ4n) is 3.67. The lowest BCUT2D eigenvalue weighted by Gasteiger charge is -2.29. The lowest BCUT2D eigenvalue weighted by molar-refractivity contribution is -0.128. The third-order valence-electron chi connectivity index (χ3n) is 5.19. The van der Waals surface area contributed by atoms with Crippen LogP contribution in [-0.2, 0) is 9.59 Å². The number of nitrogens with one attached hydrogen (secondary N) is 2. The second kappa shape index (κ2) is 9.77. The van der Waals surface area contributed by atoms with Crippen molar-refractivity contribution in [3.8, 4) is 5.75 Å². The van der Waals surface area contributed by atoms with Crippen LogP contribution in [0.4, 0.5) is 0 Å². The molecule has 2 atom stereocenters. The molecule has 1 aromatic carbocycles. The van der Waals surface area contributed by atoms with Crippen LogP contribution in [0.25, 0.3) is 0 Å². The fraction of sp³-hybridized carbons (Fsp3) is 0.636. The third-order valence-corrected chi connectivity index (χ3v) is 5.19. The molecule has 1 saturated carbocycles. The molecule has 5 nitrogen and oxygen atoms in total. The number of hydrogen-bond acceptors (Lipinski definition) is 3. The van der Waals surface area contributed by atoms with Crippen molar-refractivity contribution in [1.29, 1.82) is 0 Å². The van der Waals surface area contributed by atoms with Crippen LogP contribution in [-0.4, -0.2) is 30.5 Å². The number of aryl methyl sites for hydroxylation is 2. The Labute approximate surface area is 163 Å². The number of carbonyl (C=O) groups is 2. The standard InChI is InChI=1S/C22H34N2O3/c1-14(2)23-22(26)18-7-6-8-19(13-18)24-21(25)9-10-27-20-12-15(3)11-16(4)17(20)5/h11-12,14,18-19H,6-10,13H2,1-5H3,(H,23,26)(H,24,25). The molecule has 150 valence electrons. The molecule has 5 heteroatoms. The molecule has 2 unspecified atom stereocenters. The molecule has 0 spiro atoms. The minimum atomic E-state index is -0.00746. The van der Waals surface area contributed by atoms with Crippen LogP contribution in [0.5, 0.6) is 5.75 Å². The van der Waals surface area contributed by atoms with E-state index in [2.05, 4.69) is 23.6 Å². The Morgan fingerprint density at radius 1 is 1.19 bits per heavy atom. The molecule has 2 rings (SSSR count). The lowest BCUT2D eigenvalue weighted by Crippen LogP contribution is -2.44. The van der Waals surface area contributed by atoms with E-state index in [1.807, 2.05) is 33.8 Å². The van der Waals surface area contributed by atoms with Crippen LogP contribution >= 0.6 is 0 Å². The van der Waals surface area contributed by atoms with E-state index in [1.165, 1.54) is 5.56 Å². The van der Waals surface area contributed by atoms with Gasteiger partial charge < -0.3 is 15.4 Å². The first kappa shape index (κ1) is 21.3. The van der Waals surface area contributed by atoms with E-state index in [-0.39, 0.29) is 29.8 Å². The van der Waals surface area contributed by atoms with Gasteiger partial charge in [0.05, 0.1) is 13.0 Å². The summed E-state index contributed by atoms with van der Waals surface area (Å²) >= 11 is 0. The van der Waals surface area contributed by atoms with Crippen molar-refractivity contribution in [2.24, 2.45) is 5.92 Å². The van der Waals surface area contributed by atoms with Crippen molar-refractivity contribution in [2.45, 2.75) is 78.8 Å². The monoisotopic (exact) mass is 374 g/mol. The summed E-state index contributed by atoms with van der Waals surface area (Å²) in [6, 6.07) is 4.37. The first-order valence-electron chi connectivity index (χ1n) is 10.1. The number of hydrogen-bond donors (Lipinski definition) is 2. The van der Waals surface area contributed by atoms with Crippen LogP contribution in [0, 0.1) is 26.7 Å². The topological polar surface area (TPSA) is 67.4 Å². The van der Waals surface area contributed by atoms with Crippen LogP contribution in [0.15, 0.2) is 12.1 Å². The highest BCUT2D eigenvalue weighted by atomic mass is 16.5. The number of carbonyl (C=O) groups excluding carboxylic acids is 2. The largest absolute Gasteiger partial charge is 0.493 e. The second-order valence-electron chi connectivity index (χ2n) is 8.09. The summed E-state index contributed by atoms with van der Waals surface area (Å²) in [5.74, 6) is 0.952. The minimum absolute atomic E-state index is 0.000573. The highest BCUT2D eigenvalue weighted by molar-refractivity contribution is 5.79. The van der Waals surface area contributed by atoms with Crippen LogP contribution in [0.2, 0.25) is 0 Å². The summed E-state index contributed by atoms with van der Waals surface area (Å²) < 4.78 is 5.84. The maximum absolute atomic E-state index is 12.3. The van der Waals surface area contributed by atoms with Gasteiger partial charge in [0.2, 0.25) is 11.8 Å². The maximum Gasteiger partial charge on any atom is 0.223 e. The summed E-state index contributed by atoms with van der Waals surface area (Å²) in [6.45, 7) is 10.4. The van der Waals surface area contributed by atoms with E-state index >= 15 is 0 Å². The highest BCUT2D eigenvalue weighted by Gasteiger charge is 2.28. The Balaban J connectivity index is 1.78. The summed E-state index contributed by atoms with van der Waals surface area (Å²) in [5, 5.41) is 6.06. The molecular weight excluding hydrogens is 340 g/mol. The molecule has 0 aliphatic heterocycles. The Bertz CT molecular complexity index is 670. The molecule has 1 aromatic rings. The van der Waals surface area contributed by atoms with Crippen LogP contribution < -0.4 is 15.4 Å². The van der Waals surface area contributed by atoms with Crippen molar-refractivity contribution >= 4 is 11.8 Å². The first-order chi connectivity index (χ1) is 12.8. The molecule has 0 heterocycles. The first-order valence-corrected chi connectivity index (χ1v) is 10.1. The lowest BCUT2D eigenvalue weighted by atomic mass is 9.85. The predicted molar refractivity (Wildman–Crippen MR) is 108 cm³/mol. The normalized spacial score (nSPS) is 19.6. The highest BCUT2D eigenvalue weighted by Crippen LogP contribution is 2.25. The fourth-order valence-corrected chi connectivity index (χ4v) is 3.67. The summed E-state index contributed by atoms with van der Waals surface area (Å²) in [7, 11) is 0. The average Bonchev–Trinajstić information content (AvgIpc) is 2.58. The van der Waals surface area contributed by atoms with E-state index in [1.54, 1.807) is 0 Å². The maximum atomic E-state index is 12.3. The van der Waals surface area contributed by atoms with Crippen molar-refractivity contribution in [3.63, 3.8) is 0 Å². The van der Waals surface area contributed by atoms with E-state index in [0.717, 1.165) is 42.6 Å². The quantitative estimate of drug-likeness (QED) is 0.766. The van der Waals surface area contributed by atoms with Gasteiger partial charge in [0.15, 0.2) is 0 Å². The van der Waals surface area contributed by atoms with Crippen molar-refractivity contribution in [1.82, 2.24) is 10.6 Å². The molecular formula is C22H34N2O3.